The fourth-order valence-corrected chi connectivity index (χ4v) is 1.79. The summed E-state index contributed by atoms with van der Waals surface area (Å²) in [6.45, 7) is -0.0873. The number of ether oxygens (including phenoxy) is 1. The van der Waals surface area contributed by atoms with Gasteiger partial charge in [-0.2, -0.15) is 0 Å². The number of nitrogens with one attached hydrogen (secondary N) is 1. The van der Waals surface area contributed by atoms with Crippen molar-refractivity contribution in [2.75, 3.05) is 36.7 Å². The van der Waals surface area contributed by atoms with Crippen molar-refractivity contribution in [3.63, 3.8) is 0 Å². The fraction of sp³-hybridized carbons (Fsp3) is 0.188. The van der Waals surface area contributed by atoms with Gasteiger partial charge in [0.1, 0.15) is 5.75 Å². The molecule has 5 nitrogen and oxygen atoms in total. The average molecular weight is 285 g/mol. The number of carbonyl (C=O) groups excluding carboxylic acids is 1. The number of nitrogen functional groups attached to an aromatic ring is 1. The first-order valence-electron chi connectivity index (χ1n) is 6.61. The zero-order valence-electron chi connectivity index (χ0n) is 12.2. The topological polar surface area (TPSA) is 67.6 Å². The molecular weight excluding hydrogens is 266 g/mol. The third kappa shape index (κ3) is 4.14. The van der Waals surface area contributed by atoms with E-state index < -0.39 is 0 Å². The van der Waals surface area contributed by atoms with E-state index in [1.807, 2.05) is 61.5 Å². The van der Waals surface area contributed by atoms with Crippen LogP contribution in [0.3, 0.4) is 0 Å². The van der Waals surface area contributed by atoms with Gasteiger partial charge in [-0.05, 0) is 24.3 Å². The van der Waals surface area contributed by atoms with Gasteiger partial charge < -0.3 is 20.7 Å². The molecule has 0 aromatic heterocycles. The van der Waals surface area contributed by atoms with Crippen LogP contribution in [0.1, 0.15) is 0 Å². The van der Waals surface area contributed by atoms with E-state index in [4.69, 9.17) is 10.5 Å². The van der Waals surface area contributed by atoms with Crippen molar-refractivity contribution in [2.24, 2.45) is 0 Å². The minimum Gasteiger partial charge on any atom is -0.482 e. The molecule has 0 bridgehead atoms. The van der Waals surface area contributed by atoms with Crippen LogP contribution < -0.4 is 20.7 Å². The maximum Gasteiger partial charge on any atom is 0.262 e. The molecule has 21 heavy (non-hydrogen) atoms. The summed E-state index contributed by atoms with van der Waals surface area (Å²) in [5, 5.41) is 2.75. The molecule has 0 heterocycles. The van der Waals surface area contributed by atoms with E-state index in [2.05, 4.69) is 5.32 Å². The smallest absolute Gasteiger partial charge is 0.262 e. The first-order chi connectivity index (χ1) is 10.1. The van der Waals surface area contributed by atoms with Crippen molar-refractivity contribution >= 4 is 23.0 Å². The molecule has 2 aromatic rings. The van der Waals surface area contributed by atoms with Crippen LogP contribution in [-0.4, -0.2) is 26.6 Å². The molecule has 0 unspecified atom stereocenters. The third-order valence-electron chi connectivity index (χ3n) is 2.93. The minimum atomic E-state index is -0.226. The lowest BCUT2D eigenvalue weighted by Gasteiger charge is -2.15. The van der Waals surface area contributed by atoms with Gasteiger partial charge in [0.25, 0.3) is 5.91 Å². The molecule has 0 aliphatic carbocycles. The molecule has 0 saturated carbocycles. The van der Waals surface area contributed by atoms with Crippen LogP contribution in [0.5, 0.6) is 5.75 Å². The normalized spacial score (nSPS) is 10.0. The number of benzene rings is 2. The number of hydrogen-bond donors (Lipinski definition) is 2. The van der Waals surface area contributed by atoms with E-state index in [0.29, 0.717) is 11.4 Å². The molecule has 0 atom stereocenters. The number of nitrogens with two attached hydrogens (primary N) is 1. The molecule has 0 aliphatic rings. The van der Waals surface area contributed by atoms with Crippen molar-refractivity contribution in [3.8, 4) is 5.75 Å². The van der Waals surface area contributed by atoms with Crippen LogP contribution in [-0.2, 0) is 4.79 Å². The summed E-state index contributed by atoms with van der Waals surface area (Å²) in [5.41, 5.74) is 8.06. The number of anilines is 3. The molecule has 2 aromatic carbocycles. The monoisotopic (exact) mass is 285 g/mol. The standard InChI is InChI=1S/C16H19N3O2/c1-19(2)13-8-9-14(17)15(10-13)21-11-16(20)18-12-6-4-3-5-7-12/h3-10H,11,17H2,1-2H3,(H,18,20). The number of amides is 1. The largest absolute Gasteiger partial charge is 0.482 e. The molecule has 2 rings (SSSR count). The Hall–Kier alpha value is -2.69. The number of carbonyl (C=O) groups is 1. The fourth-order valence-electron chi connectivity index (χ4n) is 1.79. The molecule has 5 heteroatoms. The van der Waals surface area contributed by atoms with Crippen LogP contribution in [0.2, 0.25) is 0 Å². The molecule has 0 radical (unpaired) electrons. The van der Waals surface area contributed by atoms with Crippen molar-refractivity contribution in [3.05, 3.63) is 48.5 Å². The Morgan fingerprint density at radius 1 is 1.19 bits per heavy atom. The first kappa shape index (κ1) is 14.7. The zero-order valence-corrected chi connectivity index (χ0v) is 12.2. The summed E-state index contributed by atoms with van der Waals surface area (Å²) < 4.78 is 5.50. The summed E-state index contributed by atoms with van der Waals surface area (Å²) >= 11 is 0. The highest BCUT2D eigenvalue weighted by atomic mass is 16.5. The van der Waals surface area contributed by atoms with E-state index in [1.165, 1.54) is 0 Å². The van der Waals surface area contributed by atoms with Crippen molar-refractivity contribution < 1.29 is 9.53 Å². The highest BCUT2D eigenvalue weighted by Crippen LogP contribution is 2.26. The molecule has 0 spiro atoms. The SMILES string of the molecule is CN(C)c1ccc(N)c(OCC(=O)Nc2ccccc2)c1. The molecular formula is C16H19N3O2. The van der Waals surface area contributed by atoms with Gasteiger partial charge in [-0.3, -0.25) is 4.79 Å². The second-order valence-corrected chi connectivity index (χ2v) is 4.82. The van der Waals surface area contributed by atoms with Crippen molar-refractivity contribution in [2.45, 2.75) is 0 Å². The number of hydrogen-bond acceptors (Lipinski definition) is 4. The van der Waals surface area contributed by atoms with E-state index >= 15 is 0 Å². The van der Waals surface area contributed by atoms with Crippen molar-refractivity contribution in [1.82, 2.24) is 0 Å². The number of para-hydroxylation sites is 1. The van der Waals surface area contributed by atoms with E-state index in [1.54, 1.807) is 6.07 Å². The lowest BCUT2D eigenvalue weighted by Crippen LogP contribution is -2.20. The van der Waals surface area contributed by atoms with Gasteiger partial charge in [-0.25, -0.2) is 0 Å². The number of rotatable bonds is 5. The molecule has 0 saturated heterocycles. The van der Waals surface area contributed by atoms with Gasteiger partial charge in [-0.15, -0.1) is 0 Å². The van der Waals surface area contributed by atoms with Crippen LogP contribution in [0.15, 0.2) is 48.5 Å². The van der Waals surface area contributed by atoms with Gasteiger partial charge in [-0.1, -0.05) is 18.2 Å². The summed E-state index contributed by atoms with van der Waals surface area (Å²) in [6, 6.07) is 14.7. The Kier molecular flexibility index (Phi) is 4.66. The first-order valence-corrected chi connectivity index (χ1v) is 6.61. The Labute approximate surface area is 124 Å². The second-order valence-electron chi connectivity index (χ2n) is 4.82. The van der Waals surface area contributed by atoms with E-state index in [0.717, 1.165) is 11.4 Å². The number of nitrogens with zero attached hydrogens (tertiary/aromatic N) is 1. The Morgan fingerprint density at radius 2 is 1.90 bits per heavy atom. The molecule has 0 aliphatic heterocycles. The van der Waals surface area contributed by atoms with Crippen LogP contribution >= 0.6 is 0 Å². The second kappa shape index (κ2) is 6.65. The van der Waals surface area contributed by atoms with Gasteiger partial charge in [0.15, 0.2) is 6.61 Å². The van der Waals surface area contributed by atoms with Gasteiger partial charge in [0, 0.05) is 31.5 Å². The van der Waals surface area contributed by atoms with E-state index in [9.17, 15) is 4.79 Å². The lowest BCUT2D eigenvalue weighted by atomic mass is 10.2. The average Bonchev–Trinajstić information content (AvgIpc) is 2.47. The molecule has 110 valence electrons. The summed E-state index contributed by atoms with van der Waals surface area (Å²) in [4.78, 5) is 13.8. The van der Waals surface area contributed by atoms with Crippen LogP contribution in [0, 0.1) is 0 Å². The predicted molar refractivity (Wildman–Crippen MR) is 85.7 cm³/mol. The highest BCUT2D eigenvalue weighted by molar-refractivity contribution is 5.91. The Bertz CT molecular complexity index is 612. The predicted octanol–water partition coefficient (Wildman–Crippen LogP) is 2.35. The van der Waals surface area contributed by atoms with E-state index in [-0.39, 0.29) is 12.5 Å². The summed E-state index contributed by atoms with van der Waals surface area (Å²) in [5.74, 6) is 0.278. The Morgan fingerprint density at radius 3 is 2.57 bits per heavy atom. The highest BCUT2D eigenvalue weighted by Gasteiger charge is 2.07. The molecule has 3 N–H and O–H groups in total. The van der Waals surface area contributed by atoms with Crippen LogP contribution in [0.4, 0.5) is 17.1 Å². The Balaban J connectivity index is 1.96. The summed E-state index contributed by atoms with van der Waals surface area (Å²) in [7, 11) is 3.86. The van der Waals surface area contributed by atoms with Gasteiger partial charge in [0.05, 0.1) is 5.69 Å². The lowest BCUT2D eigenvalue weighted by molar-refractivity contribution is -0.118. The van der Waals surface area contributed by atoms with Gasteiger partial charge >= 0.3 is 0 Å². The quantitative estimate of drug-likeness (QED) is 0.828. The molecule has 1 amide bonds. The maximum absolute atomic E-state index is 11.8. The molecule has 0 fully saturated rings. The van der Waals surface area contributed by atoms with Crippen LogP contribution in [0.25, 0.3) is 0 Å². The third-order valence-corrected chi connectivity index (χ3v) is 2.93. The zero-order chi connectivity index (χ0) is 15.2. The summed E-state index contributed by atoms with van der Waals surface area (Å²) in [6.07, 6.45) is 0. The minimum absolute atomic E-state index is 0.0873. The van der Waals surface area contributed by atoms with Crippen molar-refractivity contribution in [1.29, 1.82) is 0 Å². The maximum atomic E-state index is 11.8. The van der Waals surface area contributed by atoms with Gasteiger partial charge in [0.2, 0.25) is 0 Å².